The number of hydrogen-bond acceptors (Lipinski definition) is 1. The molecule has 1 atom stereocenters. The highest BCUT2D eigenvalue weighted by molar-refractivity contribution is 6.31. The van der Waals surface area contributed by atoms with Crippen LogP contribution >= 0.6 is 11.6 Å². The average Bonchev–Trinajstić information content (AvgIpc) is 3.02. The number of H-pyrrole nitrogens is 1. The zero-order valence-corrected chi connectivity index (χ0v) is 15.4. The van der Waals surface area contributed by atoms with E-state index in [0.717, 1.165) is 16.8 Å². The zero-order chi connectivity index (χ0) is 18.5. The Labute approximate surface area is 157 Å². The van der Waals surface area contributed by atoms with E-state index in [9.17, 15) is 9.18 Å². The van der Waals surface area contributed by atoms with E-state index in [4.69, 9.17) is 11.6 Å². The largest absolute Gasteiger partial charge is 0.361 e. The maximum absolute atomic E-state index is 13.8. The molecule has 0 saturated carbocycles. The second-order valence-electron chi connectivity index (χ2n) is 6.47. The van der Waals surface area contributed by atoms with Crippen molar-refractivity contribution in [2.75, 3.05) is 20.1 Å². The van der Waals surface area contributed by atoms with Crippen molar-refractivity contribution in [2.24, 2.45) is 0 Å². The topological polar surface area (TPSA) is 49.3 Å². The number of hydrogen-bond donors (Lipinski definition) is 3. The SMILES string of the molecule is C[NH+](CC(=O)NCCc1c[nH]c2ccccc12)Cc1c(F)cccc1Cl. The number of rotatable bonds is 7. The molecule has 0 aliphatic carbocycles. The Morgan fingerprint density at radius 2 is 2.04 bits per heavy atom. The smallest absolute Gasteiger partial charge is 0.275 e. The minimum atomic E-state index is -0.336. The maximum atomic E-state index is 13.8. The fraction of sp³-hybridized carbons (Fsp3) is 0.250. The fourth-order valence-electron chi connectivity index (χ4n) is 3.08. The van der Waals surface area contributed by atoms with Crippen molar-refractivity contribution in [3.63, 3.8) is 0 Å². The van der Waals surface area contributed by atoms with Gasteiger partial charge in [-0.3, -0.25) is 4.79 Å². The summed E-state index contributed by atoms with van der Waals surface area (Å²) in [6.45, 7) is 1.19. The van der Waals surface area contributed by atoms with Crippen molar-refractivity contribution in [2.45, 2.75) is 13.0 Å². The van der Waals surface area contributed by atoms with Gasteiger partial charge in [0.25, 0.3) is 5.91 Å². The lowest BCUT2D eigenvalue weighted by Gasteiger charge is -2.15. The Morgan fingerprint density at radius 1 is 1.23 bits per heavy atom. The number of aromatic amines is 1. The molecule has 0 radical (unpaired) electrons. The second-order valence-corrected chi connectivity index (χ2v) is 6.88. The maximum Gasteiger partial charge on any atom is 0.275 e. The lowest BCUT2D eigenvalue weighted by molar-refractivity contribution is -0.885. The number of quaternary nitrogens is 1. The van der Waals surface area contributed by atoms with E-state index in [1.807, 2.05) is 31.4 Å². The van der Waals surface area contributed by atoms with Gasteiger partial charge in [0, 0.05) is 23.6 Å². The summed E-state index contributed by atoms with van der Waals surface area (Å²) in [6.07, 6.45) is 2.74. The van der Waals surface area contributed by atoms with Crippen LogP contribution in [0.1, 0.15) is 11.1 Å². The first-order valence-electron chi connectivity index (χ1n) is 8.60. The van der Waals surface area contributed by atoms with Crippen LogP contribution in [-0.2, 0) is 17.8 Å². The van der Waals surface area contributed by atoms with Gasteiger partial charge in [0.2, 0.25) is 0 Å². The van der Waals surface area contributed by atoms with E-state index in [0.29, 0.717) is 23.7 Å². The Bertz CT molecular complexity index is 889. The number of amides is 1. The van der Waals surface area contributed by atoms with Crippen LogP contribution in [0.2, 0.25) is 5.02 Å². The number of carbonyl (C=O) groups excluding carboxylic acids is 1. The molecule has 0 bridgehead atoms. The fourth-order valence-corrected chi connectivity index (χ4v) is 3.31. The summed E-state index contributed by atoms with van der Waals surface area (Å²) in [6, 6.07) is 12.7. The summed E-state index contributed by atoms with van der Waals surface area (Å²) in [5.41, 5.74) is 2.72. The van der Waals surface area contributed by atoms with Gasteiger partial charge in [-0.15, -0.1) is 0 Å². The molecule has 1 heterocycles. The quantitative estimate of drug-likeness (QED) is 0.584. The van der Waals surface area contributed by atoms with E-state index in [1.54, 1.807) is 12.1 Å². The standard InChI is InChI=1S/C20H21ClFN3O/c1-25(12-16-17(21)6-4-7-18(16)22)13-20(26)23-10-9-14-11-24-19-8-3-2-5-15(14)19/h2-8,11,24H,9-10,12-13H2,1H3,(H,23,26)/p+1. The van der Waals surface area contributed by atoms with E-state index in [2.05, 4.69) is 16.4 Å². The summed E-state index contributed by atoms with van der Waals surface area (Å²) in [5.74, 6) is -0.397. The monoisotopic (exact) mass is 374 g/mol. The van der Waals surface area contributed by atoms with Crippen LogP contribution < -0.4 is 10.2 Å². The van der Waals surface area contributed by atoms with Crippen LogP contribution in [0.3, 0.4) is 0 Å². The Balaban J connectivity index is 1.48. The van der Waals surface area contributed by atoms with Gasteiger partial charge in [0.1, 0.15) is 12.4 Å². The molecule has 1 unspecified atom stereocenters. The van der Waals surface area contributed by atoms with Crippen molar-refractivity contribution in [1.29, 1.82) is 0 Å². The van der Waals surface area contributed by atoms with Crippen LogP contribution in [-0.4, -0.2) is 31.0 Å². The number of carbonyl (C=O) groups is 1. The van der Waals surface area contributed by atoms with Gasteiger partial charge in [0.05, 0.1) is 17.6 Å². The van der Waals surface area contributed by atoms with Gasteiger partial charge in [-0.05, 0) is 30.2 Å². The van der Waals surface area contributed by atoms with Gasteiger partial charge < -0.3 is 15.2 Å². The molecule has 4 nitrogen and oxygen atoms in total. The van der Waals surface area contributed by atoms with Crippen LogP contribution in [0.25, 0.3) is 10.9 Å². The molecule has 0 spiro atoms. The van der Waals surface area contributed by atoms with E-state index in [1.165, 1.54) is 17.0 Å². The third-order valence-electron chi connectivity index (χ3n) is 4.39. The predicted octanol–water partition coefficient (Wildman–Crippen LogP) is 2.33. The Hall–Kier alpha value is -2.37. The van der Waals surface area contributed by atoms with Crippen molar-refractivity contribution in [1.82, 2.24) is 10.3 Å². The molecule has 1 amide bonds. The summed E-state index contributed by atoms with van der Waals surface area (Å²) in [7, 11) is 1.85. The van der Waals surface area contributed by atoms with Crippen LogP contribution in [0.15, 0.2) is 48.7 Å². The summed E-state index contributed by atoms with van der Waals surface area (Å²) in [4.78, 5) is 16.2. The first-order chi connectivity index (χ1) is 12.5. The molecule has 2 aromatic carbocycles. The van der Waals surface area contributed by atoms with Crippen LogP contribution in [0.5, 0.6) is 0 Å². The Morgan fingerprint density at radius 3 is 2.85 bits per heavy atom. The van der Waals surface area contributed by atoms with Crippen LogP contribution in [0, 0.1) is 5.82 Å². The summed E-state index contributed by atoms with van der Waals surface area (Å²) < 4.78 is 13.8. The summed E-state index contributed by atoms with van der Waals surface area (Å²) in [5, 5.41) is 4.50. The molecule has 136 valence electrons. The number of aromatic nitrogens is 1. The number of halogens is 2. The van der Waals surface area contributed by atoms with Gasteiger partial charge in [-0.25, -0.2) is 4.39 Å². The highest BCUT2D eigenvalue weighted by atomic mass is 35.5. The molecular formula is C20H22ClFN3O+. The van der Waals surface area contributed by atoms with Crippen LogP contribution in [0.4, 0.5) is 4.39 Å². The average molecular weight is 375 g/mol. The first-order valence-corrected chi connectivity index (χ1v) is 8.98. The van der Waals surface area contributed by atoms with E-state index >= 15 is 0 Å². The lowest BCUT2D eigenvalue weighted by atomic mass is 10.1. The molecular weight excluding hydrogens is 353 g/mol. The minimum absolute atomic E-state index is 0.0604. The third kappa shape index (κ3) is 4.42. The molecule has 3 rings (SSSR count). The number of nitrogens with one attached hydrogen (secondary N) is 3. The van der Waals surface area contributed by atoms with Crippen molar-refractivity contribution in [3.05, 3.63) is 70.6 Å². The lowest BCUT2D eigenvalue weighted by Crippen LogP contribution is -3.09. The van der Waals surface area contributed by atoms with Gasteiger partial charge in [0.15, 0.2) is 6.54 Å². The van der Waals surface area contributed by atoms with Gasteiger partial charge >= 0.3 is 0 Å². The van der Waals surface area contributed by atoms with Crippen molar-refractivity contribution in [3.8, 4) is 0 Å². The van der Waals surface area contributed by atoms with Crippen molar-refractivity contribution < 1.29 is 14.1 Å². The number of para-hydroxylation sites is 1. The van der Waals surface area contributed by atoms with E-state index in [-0.39, 0.29) is 18.3 Å². The molecule has 0 aliphatic heterocycles. The molecule has 1 aromatic heterocycles. The zero-order valence-electron chi connectivity index (χ0n) is 14.6. The minimum Gasteiger partial charge on any atom is -0.361 e. The third-order valence-corrected chi connectivity index (χ3v) is 4.75. The molecule has 0 fully saturated rings. The summed E-state index contributed by atoms with van der Waals surface area (Å²) >= 11 is 6.04. The number of benzene rings is 2. The second kappa shape index (κ2) is 8.34. The number of likely N-dealkylation sites (N-methyl/N-ethyl adjacent to an activating group) is 1. The molecule has 0 saturated heterocycles. The number of fused-ring (bicyclic) bond motifs is 1. The van der Waals surface area contributed by atoms with Crippen molar-refractivity contribution >= 4 is 28.4 Å². The molecule has 6 heteroatoms. The predicted molar refractivity (Wildman–Crippen MR) is 102 cm³/mol. The first kappa shape index (κ1) is 18.4. The molecule has 0 aliphatic rings. The van der Waals surface area contributed by atoms with Gasteiger partial charge in [-0.1, -0.05) is 35.9 Å². The molecule has 3 N–H and O–H groups in total. The Kier molecular flexibility index (Phi) is 5.91. The molecule has 3 aromatic rings. The van der Waals surface area contributed by atoms with E-state index < -0.39 is 0 Å². The van der Waals surface area contributed by atoms with Gasteiger partial charge in [-0.2, -0.15) is 0 Å². The normalized spacial score (nSPS) is 12.3. The molecule has 26 heavy (non-hydrogen) atoms. The highest BCUT2D eigenvalue weighted by Crippen LogP contribution is 2.18. The highest BCUT2D eigenvalue weighted by Gasteiger charge is 2.15.